The first-order valence-corrected chi connectivity index (χ1v) is 19.9. The van der Waals surface area contributed by atoms with E-state index in [-0.39, 0.29) is 46.2 Å². The summed E-state index contributed by atoms with van der Waals surface area (Å²) in [5, 5.41) is 21.6. The predicted octanol–water partition coefficient (Wildman–Crippen LogP) is 7.67. The van der Waals surface area contributed by atoms with Gasteiger partial charge in [-0.25, -0.2) is 0 Å². The lowest BCUT2D eigenvalue weighted by Gasteiger charge is -2.53. The van der Waals surface area contributed by atoms with Crippen molar-refractivity contribution in [3.63, 3.8) is 0 Å². The molecule has 0 aromatic heterocycles. The van der Waals surface area contributed by atoms with Crippen LogP contribution in [0.4, 0.5) is 0 Å². The van der Waals surface area contributed by atoms with Crippen molar-refractivity contribution in [1.82, 2.24) is 0 Å². The summed E-state index contributed by atoms with van der Waals surface area (Å²) in [4.78, 5) is 0. The summed E-state index contributed by atoms with van der Waals surface area (Å²) in [5.74, 6) is 0.812. The van der Waals surface area contributed by atoms with Crippen LogP contribution in [0.1, 0.15) is 46.4 Å². The molecule has 2 N–H and O–H groups in total. The lowest BCUT2D eigenvalue weighted by Crippen LogP contribution is -2.68. The molecule has 2 aliphatic heterocycles. The fourth-order valence-corrected chi connectivity index (χ4v) is 7.61. The molecule has 9 nitrogen and oxygen atoms in total. The smallest absolute Gasteiger partial charge is 0.144 e. The maximum absolute atomic E-state index is 11.0. The Bertz CT molecular complexity index is 1950. The zero-order valence-corrected chi connectivity index (χ0v) is 33.0. The molecule has 0 radical (unpaired) electrons. The zero-order valence-electron chi connectivity index (χ0n) is 32.2. The highest BCUT2D eigenvalue weighted by atomic mass is 35.5. The number of hydrogen-bond donors (Lipinski definition) is 2. The summed E-state index contributed by atoms with van der Waals surface area (Å²) < 4.78 is 46.4. The van der Waals surface area contributed by atoms with Crippen molar-refractivity contribution in [3.05, 3.63) is 172 Å². The van der Waals surface area contributed by atoms with E-state index in [0.29, 0.717) is 18.1 Å². The van der Waals surface area contributed by atoms with Crippen molar-refractivity contribution in [2.24, 2.45) is 0 Å². The third kappa shape index (κ3) is 10.5. The van der Waals surface area contributed by atoms with Crippen LogP contribution in [0, 0.1) is 0 Å². The van der Waals surface area contributed by atoms with E-state index in [0.717, 1.165) is 39.1 Å². The van der Waals surface area contributed by atoms with Gasteiger partial charge in [0.1, 0.15) is 41.4 Å². The van der Waals surface area contributed by atoms with E-state index in [1.165, 1.54) is 0 Å². The Balaban J connectivity index is 1.31. The monoisotopic (exact) mass is 794 g/mol. The van der Waals surface area contributed by atoms with Gasteiger partial charge in [0.2, 0.25) is 0 Å². The van der Waals surface area contributed by atoms with Crippen LogP contribution in [-0.4, -0.2) is 79.4 Å². The highest BCUT2D eigenvalue weighted by Crippen LogP contribution is 2.45. The molecule has 300 valence electrons. The number of hydrogen-bond acceptors (Lipinski definition) is 9. The standard InChI is InChI=1S/C47H51ClO9/c1-2-53-40-21-18-34(19-22-40)24-39-25-38(20-23-41(39)48)42-43(54-26-35-12-6-3-7-13-35)44(55-27-36-14-8-4-9-15-36)45(56-28-37-16-10-5-11-17-37)47(57-42)32-51-30-46(50,29-49)31-52-33-47/h3-23,25,42-45,49-50H,2,24,26-33H2,1H3. The normalized spacial score (nSPS) is 25.1. The van der Waals surface area contributed by atoms with E-state index in [4.69, 9.17) is 44.8 Å². The molecular formula is C47H51ClO9. The Hall–Kier alpha value is -4.13. The van der Waals surface area contributed by atoms with E-state index in [2.05, 4.69) is 6.07 Å². The molecule has 0 amide bonds. The van der Waals surface area contributed by atoms with Crippen molar-refractivity contribution >= 4 is 11.6 Å². The molecule has 2 aliphatic rings. The van der Waals surface area contributed by atoms with E-state index in [1.54, 1.807) is 0 Å². The first-order valence-electron chi connectivity index (χ1n) is 19.5. The molecular weight excluding hydrogens is 744 g/mol. The Kier molecular flexibility index (Phi) is 14.1. The Morgan fingerprint density at radius 3 is 1.74 bits per heavy atom. The van der Waals surface area contributed by atoms with Crippen molar-refractivity contribution in [1.29, 1.82) is 0 Å². The van der Waals surface area contributed by atoms with Crippen LogP contribution < -0.4 is 4.74 Å². The topological polar surface area (TPSA) is 105 Å². The maximum atomic E-state index is 11.0. The van der Waals surface area contributed by atoms with Crippen LogP contribution >= 0.6 is 11.6 Å². The molecule has 0 bridgehead atoms. The lowest BCUT2D eigenvalue weighted by atomic mass is 9.82. The first-order chi connectivity index (χ1) is 27.9. The molecule has 0 saturated carbocycles. The molecule has 4 atom stereocenters. The number of benzene rings is 5. The average Bonchev–Trinajstić information content (AvgIpc) is 3.24. The first kappa shape index (κ1) is 41.0. The van der Waals surface area contributed by atoms with E-state index in [1.807, 2.05) is 134 Å². The molecule has 10 heteroatoms. The van der Waals surface area contributed by atoms with Gasteiger partial charge >= 0.3 is 0 Å². The summed E-state index contributed by atoms with van der Waals surface area (Å²) in [6.45, 7) is 2.50. The SMILES string of the molecule is CCOc1ccc(Cc2cc(C3OC4(COCC(O)(CO)COC4)C(OCc4ccccc4)C(OCc4ccccc4)C3OCc3ccccc3)ccc2Cl)cc1. The van der Waals surface area contributed by atoms with Crippen LogP contribution in [-0.2, 0) is 54.7 Å². The molecule has 2 saturated heterocycles. The largest absolute Gasteiger partial charge is 0.494 e. The second kappa shape index (κ2) is 19.5. The number of halogens is 1. The van der Waals surface area contributed by atoms with E-state index >= 15 is 0 Å². The maximum Gasteiger partial charge on any atom is 0.144 e. The van der Waals surface area contributed by atoms with Gasteiger partial charge in [-0.05, 0) is 64.9 Å². The molecule has 2 heterocycles. The third-order valence-electron chi connectivity index (χ3n) is 10.4. The van der Waals surface area contributed by atoms with Crippen LogP contribution in [0.2, 0.25) is 5.02 Å². The van der Waals surface area contributed by atoms with Gasteiger partial charge in [0.25, 0.3) is 0 Å². The second-order valence-corrected chi connectivity index (χ2v) is 15.2. The van der Waals surface area contributed by atoms with Gasteiger partial charge < -0.3 is 43.4 Å². The molecule has 57 heavy (non-hydrogen) atoms. The van der Waals surface area contributed by atoms with Gasteiger partial charge in [-0.2, -0.15) is 0 Å². The number of rotatable bonds is 15. The third-order valence-corrected chi connectivity index (χ3v) is 10.8. The minimum Gasteiger partial charge on any atom is -0.494 e. The summed E-state index contributed by atoms with van der Waals surface area (Å²) >= 11 is 6.91. The molecule has 0 aliphatic carbocycles. The van der Waals surface area contributed by atoms with Crippen molar-refractivity contribution < 1.29 is 43.4 Å². The lowest BCUT2D eigenvalue weighted by molar-refractivity contribution is -0.332. The van der Waals surface area contributed by atoms with Crippen molar-refractivity contribution in [2.75, 3.05) is 39.6 Å². The number of aliphatic hydroxyl groups is 2. The van der Waals surface area contributed by atoms with Crippen LogP contribution in [0.25, 0.3) is 0 Å². The fourth-order valence-electron chi connectivity index (χ4n) is 7.43. The average molecular weight is 795 g/mol. The highest BCUT2D eigenvalue weighted by Gasteiger charge is 2.58. The van der Waals surface area contributed by atoms with Crippen molar-refractivity contribution in [2.45, 2.75) is 68.8 Å². The van der Waals surface area contributed by atoms with Gasteiger partial charge in [-0.1, -0.05) is 127 Å². The molecule has 5 aromatic rings. The number of aliphatic hydroxyl groups excluding tert-OH is 1. The van der Waals surface area contributed by atoms with Gasteiger partial charge in [0.05, 0.1) is 59.5 Å². The van der Waals surface area contributed by atoms with E-state index in [9.17, 15) is 10.2 Å². The summed E-state index contributed by atoms with van der Waals surface area (Å²) in [6.07, 6.45) is -2.28. The quantitative estimate of drug-likeness (QED) is 0.111. The van der Waals surface area contributed by atoms with Gasteiger partial charge in [-0.15, -0.1) is 0 Å². The highest BCUT2D eigenvalue weighted by molar-refractivity contribution is 6.31. The second-order valence-electron chi connectivity index (χ2n) is 14.8. The summed E-state index contributed by atoms with van der Waals surface area (Å²) in [6, 6.07) is 43.9. The number of ether oxygens (including phenoxy) is 7. The molecule has 7 rings (SSSR count). The van der Waals surface area contributed by atoms with Crippen LogP contribution in [0.15, 0.2) is 133 Å². The predicted molar refractivity (Wildman–Crippen MR) is 217 cm³/mol. The Morgan fingerprint density at radius 1 is 0.649 bits per heavy atom. The van der Waals surface area contributed by atoms with Crippen LogP contribution in [0.3, 0.4) is 0 Å². The van der Waals surface area contributed by atoms with Gasteiger partial charge in [-0.3, -0.25) is 0 Å². The van der Waals surface area contributed by atoms with Crippen molar-refractivity contribution in [3.8, 4) is 5.75 Å². The summed E-state index contributed by atoms with van der Waals surface area (Å²) in [5.41, 5.74) is 2.98. The molecule has 2 fully saturated rings. The zero-order chi connectivity index (χ0) is 39.5. The minimum absolute atomic E-state index is 0.0194. The molecule has 5 aromatic carbocycles. The minimum atomic E-state index is -1.56. The van der Waals surface area contributed by atoms with Gasteiger partial charge in [0, 0.05) is 5.02 Å². The Morgan fingerprint density at radius 2 is 1.19 bits per heavy atom. The Labute approximate surface area is 340 Å². The van der Waals surface area contributed by atoms with Crippen LogP contribution in [0.5, 0.6) is 5.75 Å². The fraction of sp³-hybridized carbons (Fsp3) is 0.362. The molecule has 1 spiro atoms. The van der Waals surface area contributed by atoms with Gasteiger partial charge in [0.15, 0.2) is 0 Å². The summed E-state index contributed by atoms with van der Waals surface area (Å²) in [7, 11) is 0. The molecule has 4 unspecified atom stereocenters. The van der Waals surface area contributed by atoms with E-state index < -0.39 is 42.2 Å².